The van der Waals surface area contributed by atoms with Gasteiger partial charge in [0, 0.05) is 24.5 Å². The summed E-state index contributed by atoms with van der Waals surface area (Å²) >= 11 is 0. The lowest BCUT2D eigenvalue weighted by atomic mass is 9.75. The van der Waals surface area contributed by atoms with Gasteiger partial charge < -0.3 is 0 Å². The van der Waals surface area contributed by atoms with Gasteiger partial charge in [0.25, 0.3) is 0 Å². The molecule has 3 heterocycles. The second-order valence-electron chi connectivity index (χ2n) is 7.40. The number of aromatic nitrogens is 1. The Bertz CT molecular complexity index is 782. The number of carbonyl (C=O) groups excluding carboxylic acids is 1. The molecular formula is C21H22F2N2O. The van der Waals surface area contributed by atoms with Crippen LogP contribution in [0.4, 0.5) is 8.78 Å². The zero-order valence-corrected chi connectivity index (χ0v) is 14.6. The van der Waals surface area contributed by atoms with Gasteiger partial charge in [-0.15, -0.1) is 0 Å². The first-order valence-electron chi connectivity index (χ1n) is 9.28. The molecule has 3 nitrogen and oxygen atoms in total. The molecule has 2 saturated heterocycles. The molecule has 2 aliphatic heterocycles. The number of pyridine rings is 1. The lowest BCUT2D eigenvalue weighted by Gasteiger charge is -2.48. The highest BCUT2D eigenvalue weighted by Crippen LogP contribution is 2.39. The summed E-state index contributed by atoms with van der Waals surface area (Å²) in [5.74, 6) is -2.33. The number of hydrogen-bond acceptors (Lipinski definition) is 3. The van der Waals surface area contributed by atoms with E-state index in [1.165, 1.54) is 18.1 Å². The molecule has 1 aromatic carbocycles. The van der Waals surface area contributed by atoms with Crippen LogP contribution in [0, 0.1) is 17.8 Å². The van der Waals surface area contributed by atoms with Gasteiger partial charge in [0.15, 0.2) is 5.78 Å². The third kappa shape index (κ3) is 3.40. The van der Waals surface area contributed by atoms with Crippen molar-refractivity contribution in [1.82, 2.24) is 9.88 Å². The van der Waals surface area contributed by atoms with Gasteiger partial charge in [-0.05, 0) is 43.4 Å². The van der Waals surface area contributed by atoms with Crippen LogP contribution in [-0.4, -0.2) is 27.8 Å². The summed E-state index contributed by atoms with van der Waals surface area (Å²) in [5.41, 5.74) is 1.20. The zero-order valence-electron chi connectivity index (χ0n) is 14.6. The van der Waals surface area contributed by atoms with E-state index in [0.717, 1.165) is 38.3 Å². The van der Waals surface area contributed by atoms with Gasteiger partial charge in [0.05, 0.1) is 5.56 Å². The Morgan fingerprint density at radius 3 is 2.38 bits per heavy atom. The molecule has 5 heteroatoms. The molecule has 0 saturated carbocycles. The molecule has 26 heavy (non-hydrogen) atoms. The van der Waals surface area contributed by atoms with E-state index in [0.29, 0.717) is 12.1 Å². The second kappa shape index (κ2) is 7.23. The molecule has 0 aliphatic carbocycles. The van der Waals surface area contributed by atoms with E-state index in [4.69, 9.17) is 0 Å². The van der Waals surface area contributed by atoms with Crippen molar-refractivity contribution in [2.75, 3.05) is 0 Å². The molecule has 2 aliphatic rings. The van der Waals surface area contributed by atoms with Crippen molar-refractivity contribution in [2.24, 2.45) is 5.92 Å². The molecular weight excluding hydrogens is 334 g/mol. The Hall–Kier alpha value is -2.14. The minimum absolute atomic E-state index is 0.0778. The first kappa shape index (κ1) is 17.3. The number of carbonyl (C=O) groups is 1. The van der Waals surface area contributed by atoms with Crippen LogP contribution in [0.2, 0.25) is 0 Å². The number of piperidine rings is 2. The number of nitrogens with zero attached hydrogens (tertiary/aromatic N) is 2. The summed E-state index contributed by atoms with van der Waals surface area (Å²) in [6.45, 7) is 0.892. The lowest BCUT2D eigenvalue weighted by Crippen LogP contribution is -2.52. The van der Waals surface area contributed by atoms with Crippen molar-refractivity contribution >= 4 is 5.78 Å². The molecule has 0 N–H and O–H groups in total. The van der Waals surface area contributed by atoms with Crippen molar-refractivity contribution in [3.05, 3.63) is 65.5 Å². The number of rotatable bonds is 4. The normalized spacial score (nSPS) is 25.8. The molecule has 0 radical (unpaired) electrons. The highest BCUT2D eigenvalue weighted by molar-refractivity contribution is 5.97. The number of ketones is 1. The topological polar surface area (TPSA) is 33.2 Å². The highest BCUT2D eigenvalue weighted by Gasteiger charge is 2.41. The van der Waals surface area contributed by atoms with Crippen LogP contribution in [-0.2, 0) is 6.54 Å². The summed E-state index contributed by atoms with van der Waals surface area (Å²) in [6.07, 6.45) is 4.78. The van der Waals surface area contributed by atoms with E-state index in [1.54, 1.807) is 0 Å². The second-order valence-corrected chi connectivity index (χ2v) is 7.40. The summed E-state index contributed by atoms with van der Waals surface area (Å²) in [7, 11) is 0. The maximum absolute atomic E-state index is 13.9. The molecule has 1 aromatic heterocycles. The fourth-order valence-electron chi connectivity index (χ4n) is 4.56. The van der Waals surface area contributed by atoms with Crippen LogP contribution in [0.15, 0.2) is 42.5 Å². The predicted octanol–water partition coefficient (Wildman–Crippen LogP) is 4.38. The van der Waals surface area contributed by atoms with E-state index < -0.39 is 11.9 Å². The van der Waals surface area contributed by atoms with Crippen LogP contribution in [0.5, 0.6) is 0 Å². The van der Waals surface area contributed by atoms with Crippen LogP contribution >= 0.6 is 0 Å². The average molecular weight is 356 g/mol. The summed E-state index contributed by atoms with van der Waals surface area (Å²) in [6, 6.07) is 13.3. The van der Waals surface area contributed by atoms with Gasteiger partial charge in [-0.3, -0.25) is 9.69 Å². The maximum atomic E-state index is 13.9. The van der Waals surface area contributed by atoms with E-state index >= 15 is 0 Å². The van der Waals surface area contributed by atoms with E-state index in [2.05, 4.69) is 22.0 Å². The SMILES string of the molecule is O=C(c1ccc(F)nc1F)C1CC2CCCC(C1)N2Cc1ccccc1. The van der Waals surface area contributed by atoms with Crippen molar-refractivity contribution in [3.8, 4) is 0 Å². The summed E-state index contributed by atoms with van der Waals surface area (Å²) in [4.78, 5) is 18.5. The smallest absolute Gasteiger partial charge is 0.226 e. The molecule has 136 valence electrons. The number of fused-ring (bicyclic) bond motifs is 2. The standard InChI is InChI=1S/C21H22F2N2O/c22-19-10-9-18(21(23)24-19)20(26)15-11-16-7-4-8-17(12-15)25(16)13-14-5-2-1-3-6-14/h1-3,5-6,9-10,15-17H,4,7-8,11-13H2. The third-order valence-electron chi connectivity index (χ3n) is 5.78. The quantitative estimate of drug-likeness (QED) is 0.602. The van der Waals surface area contributed by atoms with Crippen molar-refractivity contribution in [2.45, 2.75) is 50.7 Å². The number of Topliss-reactive ketones (excluding diaryl/α,β-unsaturated/α-hetero) is 1. The lowest BCUT2D eigenvalue weighted by molar-refractivity contribution is 0.00892. The first-order valence-corrected chi connectivity index (χ1v) is 9.28. The third-order valence-corrected chi connectivity index (χ3v) is 5.78. The fraction of sp³-hybridized carbons (Fsp3) is 0.429. The monoisotopic (exact) mass is 356 g/mol. The minimum Gasteiger partial charge on any atom is -0.294 e. The van der Waals surface area contributed by atoms with Crippen molar-refractivity contribution in [1.29, 1.82) is 0 Å². The van der Waals surface area contributed by atoms with E-state index in [9.17, 15) is 13.6 Å². The first-order chi connectivity index (χ1) is 12.6. The maximum Gasteiger partial charge on any atom is 0.226 e. The van der Waals surface area contributed by atoms with Gasteiger partial charge in [-0.1, -0.05) is 36.8 Å². The molecule has 2 bridgehead atoms. The number of halogens is 2. The van der Waals surface area contributed by atoms with Crippen LogP contribution in [0.3, 0.4) is 0 Å². The Kier molecular flexibility index (Phi) is 4.81. The van der Waals surface area contributed by atoms with Gasteiger partial charge in [0.1, 0.15) is 0 Å². The highest BCUT2D eigenvalue weighted by atomic mass is 19.1. The number of benzene rings is 1. The zero-order chi connectivity index (χ0) is 18.1. The summed E-state index contributed by atoms with van der Waals surface area (Å²) < 4.78 is 27.0. The van der Waals surface area contributed by atoms with Gasteiger partial charge in [-0.2, -0.15) is 13.8 Å². The predicted molar refractivity (Wildman–Crippen MR) is 94.6 cm³/mol. The molecule has 2 atom stereocenters. The van der Waals surface area contributed by atoms with E-state index in [-0.39, 0.29) is 17.3 Å². The Morgan fingerprint density at radius 1 is 1.04 bits per heavy atom. The molecule has 0 amide bonds. The Labute approximate surface area is 152 Å². The Balaban J connectivity index is 1.51. The van der Waals surface area contributed by atoms with Crippen LogP contribution in [0.1, 0.15) is 48.0 Å². The number of hydrogen-bond donors (Lipinski definition) is 0. The van der Waals surface area contributed by atoms with Gasteiger partial charge in [-0.25, -0.2) is 0 Å². The van der Waals surface area contributed by atoms with E-state index in [1.807, 2.05) is 18.2 Å². The molecule has 2 unspecified atom stereocenters. The van der Waals surface area contributed by atoms with Crippen molar-refractivity contribution < 1.29 is 13.6 Å². The molecule has 2 fully saturated rings. The average Bonchev–Trinajstić information content (AvgIpc) is 2.62. The minimum atomic E-state index is -0.994. The van der Waals surface area contributed by atoms with Crippen LogP contribution < -0.4 is 0 Å². The van der Waals surface area contributed by atoms with Gasteiger partial charge >= 0.3 is 0 Å². The molecule has 4 rings (SSSR count). The molecule has 0 spiro atoms. The van der Waals surface area contributed by atoms with Crippen LogP contribution in [0.25, 0.3) is 0 Å². The largest absolute Gasteiger partial charge is 0.294 e. The summed E-state index contributed by atoms with van der Waals surface area (Å²) in [5, 5.41) is 0. The Morgan fingerprint density at radius 2 is 1.73 bits per heavy atom. The fourth-order valence-corrected chi connectivity index (χ4v) is 4.56. The molecule has 2 aromatic rings. The van der Waals surface area contributed by atoms with Crippen molar-refractivity contribution in [3.63, 3.8) is 0 Å². The van der Waals surface area contributed by atoms with Gasteiger partial charge in [0.2, 0.25) is 11.9 Å².